The lowest BCUT2D eigenvalue weighted by molar-refractivity contribution is -0.0686. The first-order chi connectivity index (χ1) is 6.86. The lowest BCUT2D eigenvalue weighted by Crippen LogP contribution is -2.09. The third-order valence-corrected chi connectivity index (χ3v) is 1.82. The smallest absolute Gasteiger partial charge is 0.298 e. The molecule has 5 heteroatoms. The van der Waals surface area contributed by atoms with Crippen LogP contribution < -0.4 is 0 Å². The summed E-state index contributed by atoms with van der Waals surface area (Å²) in [5.74, 6) is -0.993. The van der Waals surface area contributed by atoms with Crippen LogP contribution in [0, 0.1) is 5.82 Å². The molecule has 0 N–H and O–H groups in total. The summed E-state index contributed by atoms with van der Waals surface area (Å²) in [6, 6.07) is 2.62. The van der Waals surface area contributed by atoms with Crippen LogP contribution in [0.1, 0.15) is 15.9 Å². The topological polar surface area (TPSA) is 17.1 Å². The second-order valence-corrected chi connectivity index (χ2v) is 2.83. The zero-order valence-electron chi connectivity index (χ0n) is 7.44. The van der Waals surface area contributed by atoms with E-state index in [1.54, 1.807) is 0 Å². The summed E-state index contributed by atoms with van der Waals surface area (Å²) in [6.07, 6.45) is -4.37. The van der Waals surface area contributed by atoms with Crippen LogP contribution in [0.5, 0.6) is 0 Å². The molecule has 0 saturated carbocycles. The Kier molecular flexibility index (Phi) is 2.93. The molecule has 0 bridgehead atoms. The standard InChI is InChI=1S/C10H6F4O/c1-6(10(12,13)14)7-2-3-8(5-15)9(11)4-7/h2-5H,1H2. The van der Waals surface area contributed by atoms with Gasteiger partial charge in [0.05, 0.1) is 11.1 Å². The molecule has 1 aromatic carbocycles. The zero-order valence-corrected chi connectivity index (χ0v) is 7.44. The maximum Gasteiger partial charge on any atom is 0.416 e. The third-order valence-electron chi connectivity index (χ3n) is 1.82. The van der Waals surface area contributed by atoms with Crippen LogP contribution in [0.15, 0.2) is 24.8 Å². The summed E-state index contributed by atoms with van der Waals surface area (Å²) in [4.78, 5) is 10.2. The molecule has 0 amide bonds. The van der Waals surface area contributed by atoms with E-state index in [4.69, 9.17) is 0 Å². The number of carbonyl (C=O) groups excluding carboxylic acids is 1. The Balaban J connectivity index is 3.14. The summed E-state index contributed by atoms with van der Waals surface area (Å²) >= 11 is 0. The summed E-state index contributed by atoms with van der Waals surface area (Å²) in [7, 11) is 0. The Morgan fingerprint density at radius 2 is 1.93 bits per heavy atom. The predicted molar refractivity (Wildman–Crippen MR) is 46.9 cm³/mol. The quantitative estimate of drug-likeness (QED) is 0.550. The molecule has 0 unspecified atom stereocenters. The van der Waals surface area contributed by atoms with Gasteiger partial charge in [-0.3, -0.25) is 4.79 Å². The fourth-order valence-electron chi connectivity index (χ4n) is 0.974. The van der Waals surface area contributed by atoms with Crippen molar-refractivity contribution in [3.8, 4) is 0 Å². The maximum atomic E-state index is 13.0. The number of carbonyl (C=O) groups is 1. The molecule has 0 atom stereocenters. The molecule has 0 saturated heterocycles. The minimum absolute atomic E-state index is 0.232. The minimum Gasteiger partial charge on any atom is -0.298 e. The van der Waals surface area contributed by atoms with Gasteiger partial charge in [0.1, 0.15) is 5.82 Å². The normalized spacial score (nSPS) is 11.2. The van der Waals surface area contributed by atoms with Crippen molar-refractivity contribution >= 4 is 11.9 Å². The zero-order chi connectivity index (χ0) is 11.6. The van der Waals surface area contributed by atoms with E-state index >= 15 is 0 Å². The summed E-state index contributed by atoms with van der Waals surface area (Å²) < 4.78 is 49.4. The fourth-order valence-corrected chi connectivity index (χ4v) is 0.974. The average Bonchev–Trinajstić information content (AvgIpc) is 2.15. The maximum absolute atomic E-state index is 13.0. The molecule has 0 fully saturated rings. The molecule has 0 aromatic heterocycles. The highest BCUT2D eigenvalue weighted by atomic mass is 19.4. The number of alkyl halides is 3. The second kappa shape index (κ2) is 3.84. The third kappa shape index (κ3) is 2.43. The monoisotopic (exact) mass is 218 g/mol. The molecule has 0 radical (unpaired) electrons. The van der Waals surface area contributed by atoms with Gasteiger partial charge >= 0.3 is 6.18 Å². The van der Waals surface area contributed by atoms with Crippen LogP contribution in [-0.2, 0) is 0 Å². The Labute approximate surface area is 83.0 Å². The van der Waals surface area contributed by atoms with Gasteiger partial charge < -0.3 is 0 Å². The van der Waals surface area contributed by atoms with E-state index in [0.29, 0.717) is 6.07 Å². The van der Waals surface area contributed by atoms with Gasteiger partial charge in [-0.15, -0.1) is 0 Å². The van der Waals surface area contributed by atoms with Gasteiger partial charge in [-0.25, -0.2) is 4.39 Å². The van der Waals surface area contributed by atoms with E-state index in [1.165, 1.54) is 0 Å². The lowest BCUT2D eigenvalue weighted by Gasteiger charge is -2.10. The van der Waals surface area contributed by atoms with Crippen molar-refractivity contribution in [2.75, 3.05) is 0 Å². The number of rotatable bonds is 2. The first-order valence-electron chi connectivity index (χ1n) is 3.87. The van der Waals surface area contributed by atoms with E-state index in [2.05, 4.69) is 6.58 Å². The van der Waals surface area contributed by atoms with Crippen molar-refractivity contribution in [3.05, 3.63) is 41.7 Å². The Bertz CT molecular complexity index is 406. The SMILES string of the molecule is C=C(c1ccc(C=O)c(F)c1)C(F)(F)F. The van der Waals surface area contributed by atoms with E-state index in [9.17, 15) is 22.4 Å². The highest BCUT2D eigenvalue weighted by Crippen LogP contribution is 2.32. The molecule has 0 aliphatic carbocycles. The first-order valence-corrected chi connectivity index (χ1v) is 3.87. The van der Waals surface area contributed by atoms with Crippen molar-refractivity contribution in [1.29, 1.82) is 0 Å². The number of hydrogen-bond acceptors (Lipinski definition) is 1. The molecule has 0 heterocycles. The minimum atomic E-state index is -4.60. The van der Waals surface area contributed by atoms with Gasteiger partial charge in [0.15, 0.2) is 6.29 Å². The predicted octanol–water partition coefficient (Wildman–Crippen LogP) is 3.21. The largest absolute Gasteiger partial charge is 0.416 e. The van der Waals surface area contributed by atoms with Crippen LogP contribution in [0.25, 0.3) is 5.57 Å². The van der Waals surface area contributed by atoms with Crippen molar-refractivity contribution in [3.63, 3.8) is 0 Å². The van der Waals surface area contributed by atoms with E-state index in [-0.39, 0.29) is 17.4 Å². The first kappa shape index (κ1) is 11.4. The van der Waals surface area contributed by atoms with Gasteiger partial charge in [0, 0.05) is 0 Å². The number of hydrogen-bond donors (Lipinski definition) is 0. The van der Waals surface area contributed by atoms with E-state index < -0.39 is 17.6 Å². The molecule has 1 rings (SSSR count). The van der Waals surface area contributed by atoms with Crippen LogP contribution in [0.2, 0.25) is 0 Å². The molecule has 15 heavy (non-hydrogen) atoms. The van der Waals surface area contributed by atoms with Gasteiger partial charge in [-0.1, -0.05) is 12.6 Å². The Morgan fingerprint density at radius 1 is 1.33 bits per heavy atom. The average molecular weight is 218 g/mol. The van der Waals surface area contributed by atoms with Crippen molar-refractivity contribution in [2.45, 2.75) is 6.18 Å². The van der Waals surface area contributed by atoms with Gasteiger partial charge in [-0.2, -0.15) is 13.2 Å². The molecule has 80 valence electrons. The molecular weight excluding hydrogens is 212 g/mol. The van der Waals surface area contributed by atoms with Crippen molar-refractivity contribution in [1.82, 2.24) is 0 Å². The number of allylic oxidation sites excluding steroid dienone is 1. The molecular formula is C10H6F4O. The van der Waals surface area contributed by atoms with Crippen LogP contribution in [0.4, 0.5) is 17.6 Å². The van der Waals surface area contributed by atoms with Crippen LogP contribution in [0.3, 0.4) is 0 Å². The van der Waals surface area contributed by atoms with E-state index in [1.807, 2.05) is 0 Å². The summed E-state index contributed by atoms with van der Waals surface area (Å²) in [5, 5.41) is 0. The number of aldehydes is 1. The van der Waals surface area contributed by atoms with Gasteiger partial charge in [-0.05, 0) is 17.7 Å². The van der Waals surface area contributed by atoms with Crippen LogP contribution in [-0.4, -0.2) is 12.5 Å². The lowest BCUT2D eigenvalue weighted by atomic mass is 10.1. The van der Waals surface area contributed by atoms with Gasteiger partial charge in [0.2, 0.25) is 0 Å². The Hall–Kier alpha value is -1.65. The molecule has 0 spiro atoms. The molecule has 1 nitrogen and oxygen atoms in total. The fraction of sp³-hybridized carbons (Fsp3) is 0.100. The van der Waals surface area contributed by atoms with Crippen molar-refractivity contribution < 1.29 is 22.4 Å². The molecule has 0 aliphatic rings. The summed E-state index contributed by atoms with van der Waals surface area (Å²) in [6.45, 7) is 2.81. The highest BCUT2D eigenvalue weighted by molar-refractivity contribution is 5.77. The van der Waals surface area contributed by atoms with Crippen molar-refractivity contribution in [2.24, 2.45) is 0 Å². The highest BCUT2D eigenvalue weighted by Gasteiger charge is 2.33. The molecule has 0 aliphatic heterocycles. The van der Waals surface area contributed by atoms with E-state index in [0.717, 1.165) is 12.1 Å². The van der Waals surface area contributed by atoms with Crippen LogP contribution >= 0.6 is 0 Å². The number of benzene rings is 1. The van der Waals surface area contributed by atoms with Gasteiger partial charge in [0.25, 0.3) is 0 Å². The second-order valence-electron chi connectivity index (χ2n) is 2.83. The summed E-state index contributed by atoms with van der Waals surface area (Å²) in [5.41, 5.74) is -1.81. The Morgan fingerprint density at radius 3 is 2.33 bits per heavy atom. The number of halogens is 4. The molecule has 1 aromatic rings.